The Hall–Kier alpha value is -3.45. The first kappa shape index (κ1) is 19.3. The summed E-state index contributed by atoms with van der Waals surface area (Å²) < 4.78 is 24.5. The van der Waals surface area contributed by atoms with E-state index in [1.165, 1.54) is 18.3 Å². The molecule has 1 heterocycles. The monoisotopic (exact) mass is 381 g/mol. The first-order chi connectivity index (χ1) is 13.7. The lowest BCUT2D eigenvalue weighted by molar-refractivity contribution is 0.234. The molecule has 144 valence electrons. The summed E-state index contributed by atoms with van der Waals surface area (Å²) in [5.41, 5.74) is 3.56. The smallest absolute Gasteiger partial charge is 0.219 e. The van der Waals surface area contributed by atoms with Crippen LogP contribution in [0.1, 0.15) is 18.1 Å². The molecule has 1 aromatic heterocycles. The second kappa shape index (κ2) is 9.48. The van der Waals surface area contributed by atoms with Gasteiger partial charge in [-0.2, -0.15) is 0 Å². The van der Waals surface area contributed by atoms with Crippen LogP contribution >= 0.6 is 0 Å². The molecule has 0 atom stereocenters. The predicted molar refractivity (Wildman–Crippen MR) is 103 cm³/mol. The molecule has 0 spiro atoms. The quantitative estimate of drug-likeness (QED) is 0.362. The Balaban J connectivity index is 1.80. The number of hydroxylamine groups is 1. The molecule has 0 saturated carbocycles. The van der Waals surface area contributed by atoms with Gasteiger partial charge in [-0.1, -0.05) is 24.3 Å². The van der Waals surface area contributed by atoms with E-state index in [0.29, 0.717) is 24.5 Å². The van der Waals surface area contributed by atoms with Crippen molar-refractivity contribution >= 4 is 5.84 Å². The molecule has 3 aromatic rings. The van der Waals surface area contributed by atoms with Crippen LogP contribution in [0, 0.1) is 5.82 Å². The topological polar surface area (TPSA) is 76.0 Å². The molecule has 28 heavy (non-hydrogen) atoms. The largest absolute Gasteiger partial charge is 0.494 e. The van der Waals surface area contributed by atoms with Crippen LogP contribution in [0.5, 0.6) is 17.4 Å². The van der Waals surface area contributed by atoms with Gasteiger partial charge in [-0.15, -0.1) is 0 Å². The number of halogens is 1. The number of pyridine rings is 1. The number of rotatable bonds is 7. The number of ether oxygens (including phenoxy) is 2. The summed E-state index contributed by atoms with van der Waals surface area (Å²) in [5.74, 6) is 1.17. The van der Waals surface area contributed by atoms with Crippen molar-refractivity contribution in [1.82, 2.24) is 10.5 Å². The minimum Gasteiger partial charge on any atom is -0.494 e. The van der Waals surface area contributed by atoms with Gasteiger partial charge < -0.3 is 9.47 Å². The van der Waals surface area contributed by atoms with Crippen LogP contribution < -0.4 is 15.0 Å². The number of aliphatic imine (C=N–C) groups is 1. The molecule has 0 fully saturated rings. The highest BCUT2D eigenvalue weighted by Gasteiger charge is 2.08. The van der Waals surface area contributed by atoms with Gasteiger partial charge in [0.1, 0.15) is 17.3 Å². The molecule has 0 saturated heterocycles. The van der Waals surface area contributed by atoms with Gasteiger partial charge in [0.2, 0.25) is 5.88 Å². The zero-order valence-corrected chi connectivity index (χ0v) is 15.3. The maximum absolute atomic E-state index is 13.3. The van der Waals surface area contributed by atoms with Crippen molar-refractivity contribution in [2.24, 2.45) is 4.99 Å². The molecule has 0 aliphatic rings. The molecule has 0 radical (unpaired) electrons. The Bertz CT molecular complexity index is 963. The fourth-order valence-corrected chi connectivity index (χ4v) is 2.55. The second-order valence-corrected chi connectivity index (χ2v) is 5.76. The summed E-state index contributed by atoms with van der Waals surface area (Å²) >= 11 is 0. The highest BCUT2D eigenvalue weighted by Crippen LogP contribution is 2.22. The van der Waals surface area contributed by atoms with E-state index in [9.17, 15) is 9.60 Å². The normalized spacial score (nSPS) is 11.2. The van der Waals surface area contributed by atoms with E-state index < -0.39 is 5.82 Å². The van der Waals surface area contributed by atoms with Gasteiger partial charge in [-0.25, -0.2) is 9.37 Å². The minimum absolute atomic E-state index is 0.248. The third kappa shape index (κ3) is 5.05. The van der Waals surface area contributed by atoms with E-state index >= 15 is 0 Å². The Morgan fingerprint density at radius 1 is 1.14 bits per heavy atom. The molecule has 0 aliphatic heterocycles. The number of aromatic nitrogens is 1. The zero-order chi connectivity index (χ0) is 19.8. The van der Waals surface area contributed by atoms with E-state index in [1.807, 2.05) is 31.2 Å². The average Bonchev–Trinajstić information content (AvgIpc) is 2.70. The number of hydrogen-bond donors (Lipinski definition) is 2. The number of hydrogen-bond acceptors (Lipinski definition) is 5. The molecule has 0 amide bonds. The lowest BCUT2D eigenvalue weighted by atomic mass is 10.2. The Morgan fingerprint density at radius 2 is 2.00 bits per heavy atom. The molecule has 0 bridgehead atoms. The first-order valence-corrected chi connectivity index (χ1v) is 8.74. The summed E-state index contributed by atoms with van der Waals surface area (Å²) in [6.07, 6.45) is 1.52. The Kier molecular flexibility index (Phi) is 6.54. The fourth-order valence-electron chi connectivity index (χ4n) is 2.55. The van der Waals surface area contributed by atoms with Gasteiger partial charge in [-0.3, -0.25) is 15.7 Å². The average molecular weight is 381 g/mol. The summed E-state index contributed by atoms with van der Waals surface area (Å²) in [7, 11) is 0. The van der Waals surface area contributed by atoms with E-state index in [2.05, 4.69) is 15.5 Å². The maximum atomic E-state index is 13.3. The first-order valence-electron chi connectivity index (χ1n) is 8.74. The van der Waals surface area contributed by atoms with Crippen LogP contribution in [0.15, 0.2) is 71.9 Å². The van der Waals surface area contributed by atoms with Gasteiger partial charge in [0.15, 0.2) is 5.84 Å². The van der Waals surface area contributed by atoms with E-state index in [1.54, 1.807) is 24.3 Å². The number of nitrogens with zero attached hydrogens (tertiary/aromatic N) is 2. The van der Waals surface area contributed by atoms with Crippen LogP contribution in [0.25, 0.3) is 0 Å². The van der Waals surface area contributed by atoms with Crippen LogP contribution in [-0.2, 0) is 6.54 Å². The molecule has 0 unspecified atom stereocenters. The van der Waals surface area contributed by atoms with Crippen molar-refractivity contribution < 1.29 is 19.1 Å². The molecule has 0 aliphatic carbocycles. The van der Waals surface area contributed by atoms with Crippen molar-refractivity contribution in [3.05, 3.63) is 83.8 Å². The molecular formula is C21H20FN3O3. The molecule has 7 heteroatoms. The molecule has 2 aromatic carbocycles. The second-order valence-electron chi connectivity index (χ2n) is 5.76. The van der Waals surface area contributed by atoms with Crippen LogP contribution in [0.2, 0.25) is 0 Å². The molecule has 6 nitrogen and oxygen atoms in total. The third-order valence-electron chi connectivity index (χ3n) is 3.81. The third-order valence-corrected chi connectivity index (χ3v) is 3.81. The van der Waals surface area contributed by atoms with E-state index in [4.69, 9.17) is 9.47 Å². The SMILES string of the molecule is CCOc1ccccc1CN=C(NO)c1ccnc(Oc2cccc(F)c2)c1. The summed E-state index contributed by atoms with van der Waals surface area (Å²) in [5, 5.41) is 9.52. The van der Waals surface area contributed by atoms with Gasteiger partial charge in [-0.05, 0) is 31.2 Å². The summed E-state index contributed by atoms with van der Waals surface area (Å²) in [6, 6.07) is 16.6. The van der Waals surface area contributed by atoms with Gasteiger partial charge in [0.05, 0.1) is 13.2 Å². The van der Waals surface area contributed by atoms with Crippen molar-refractivity contribution in [2.75, 3.05) is 6.61 Å². The predicted octanol–water partition coefficient (Wildman–Crippen LogP) is 4.34. The van der Waals surface area contributed by atoms with Crippen molar-refractivity contribution in [3.8, 4) is 17.4 Å². The zero-order valence-electron chi connectivity index (χ0n) is 15.3. The minimum atomic E-state index is -0.402. The lowest BCUT2D eigenvalue weighted by Crippen LogP contribution is -2.20. The van der Waals surface area contributed by atoms with Crippen LogP contribution in [-0.4, -0.2) is 22.6 Å². The van der Waals surface area contributed by atoms with E-state index in [0.717, 1.165) is 11.3 Å². The van der Waals surface area contributed by atoms with Crippen LogP contribution in [0.4, 0.5) is 4.39 Å². The molecular weight excluding hydrogens is 361 g/mol. The van der Waals surface area contributed by atoms with E-state index in [-0.39, 0.29) is 11.7 Å². The number of nitrogens with one attached hydrogen (secondary N) is 1. The van der Waals surface area contributed by atoms with Crippen LogP contribution in [0.3, 0.4) is 0 Å². The van der Waals surface area contributed by atoms with Crippen molar-refractivity contribution in [3.63, 3.8) is 0 Å². The molecule has 3 rings (SSSR count). The summed E-state index contributed by atoms with van der Waals surface area (Å²) in [4.78, 5) is 8.53. The fraction of sp³-hybridized carbons (Fsp3) is 0.143. The number of para-hydroxylation sites is 1. The molecule has 2 N–H and O–H groups in total. The maximum Gasteiger partial charge on any atom is 0.219 e. The Labute approximate surface area is 162 Å². The number of benzene rings is 2. The van der Waals surface area contributed by atoms with Gasteiger partial charge in [0.25, 0.3) is 0 Å². The summed E-state index contributed by atoms with van der Waals surface area (Å²) in [6.45, 7) is 2.77. The highest BCUT2D eigenvalue weighted by molar-refractivity contribution is 5.98. The van der Waals surface area contributed by atoms with Gasteiger partial charge in [0, 0.05) is 29.5 Å². The highest BCUT2D eigenvalue weighted by atomic mass is 19.1. The standard InChI is InChI=1S/C21H20FN3O3/c1-2-27-19-9-4-3-6-16(19)14-24-21(25-26)15-10-11-23-20(12-15)28-18-8-5-7-17(22)13-18/h3-13,26H,2,14H2,1H3,(H,24,25). The van der Waals surface area contributed by atoms with Gasteiger partial charge >= 0.3 is 0 Å². The van der Waals surface area contributed by atoms with Crippen molar-refractivity contribution in [2.45, 2.75) is 13.5 Å². The lowest BCUT2D eigenvalue weighted by Gasteiger charge is -2.10. The number of amidine groups is 1. The Morgan fingerprint density at radius 3 is 2.79 bits per heavy atom. The van der Waals surface area contributed by atoms with Crippen molar-refractivity contribution in [1.29, 1.82) is 0 Å².